The molecule has 1 heteroatoms. The first-order chi connectivity index (χ1) is 8.36. The summed E-state index contributed by atoms with van der Waals surface area (Å²) < 4.78 is 6.24. The molecule has 0 spiro atoms. The molecule has 0 aromatic carbocycles. The van der Waals surface area contributed by atoms with Gasteiger partial charge in [-0.1, -0.05) is 55.4 Å². The summed E-state index contributed by atoms with van der Waals surface area (Å²) in [4.78, 5) is 0. The van der Waals surface area contributed by atoms with Crippen molar-refractivity contribution in [1.82, 2.24) is 0 Å². The van der Waals surface area contributed by atoms with Gasteiger partial charge in [-0.3, -0.25) is 0 Å². The van der Waals surface area contributed by atoms with Crippen LogP contribution >= 0.6 is 0 Å². The molecule has 0 saturated heterocycles. The molecule has 0 fully saturated rings. The van der Waals surface area contributed by atoms with E-state index >= 15 is 0 Å². The summed E-state index contributed by atoms with van der Waals surface area (Å²) in [6, 6.07) is 0. The minimum atomic E-state index is 0.215. The van der Waals surface area contributed by atoms with Gasteiger partial charge in [0.2, 0.25) is 0 Å². The van der Waals surface area contributed by atoms with E-state index in [0.29, 0.717) is 0 Å². The molecule has 19 heavy (non-hydrogen) atoms. The lowest BCUT2D eigenvalue weighted by atomic mass is 9.71. The van der Waals surface area contributed by atoms with Crippen LogP contribution < -0.4 is 0 Å². The highest BCUT2D eigenvalue weighted by atomic mass is 16.5. The molecule has 0 atom stereocenters. The summed E-state index contributed by atoms with van der Waals surface area (Å²) in [6.07, 6.45) is 6.73. The Kier molecular flexibility index (Phi) is 3.01. The SMILES string of the molecule is CC1(C)C=C(OC2=CC(C)(C)C(C)(C)C2)CC1(C)C. The van der Waals surface area contributed by atoms with Crippen molar-refractivity contribution >= 4 is 0 Å². The van der Waals surface area contributed by atoms with Crippen LogP contribution in [-0.4, -0.2) is 0 Å². The van der Waals surface area contributed by atoms with Crippen LogP contribution in [0.5, 0.6) is 0 Å². The van der Waals surface area contributed by atoms with Gasteiger partial charge in [-0.15, -0.1) is 0 Å². The number of rotatable bonds is 2. The van der Waals surface area contributed by atoms with Crippen molar-refractivity contribution in [1.29, 1.82) is 0 Å². The molecule has 2 rings (SSSR count). The lowest BCUT2D eigenvalue weighted by Crippen LogP contribution is -2.26. The van der Waals surface area contributed by atoms with E-state index in [1.165, 1.54) is 0 Å². The molecule has 0 bridgehead atoms. The first-order valence-corrected chi connectivity index (χ1v) is 7.48. The average Bonchev–Trinajstić information content (AvgIpc) is 2.42. The molecule has 0 unspecified atom stereocenters. The number of hydrogen-bond donors (Lipinski definition) is 0. The molecule has 0 aromatic rings. The molecular formula is C18H30O. The van der Waals surface area contributed by atoms with E-state index in [4.69, 9.17) is 4.74 Å². The van der Waals surface area contributed by atoms with Crippen molar-refractivity contribution in [2.24, 2.45) is 21.7 Å². The molecule has 0 aromatic heterocycles. The van der Waals surface area contributed by atoms with E-state index in [2.05, 4.69) is 67.5 Å². The van der Waals surface area contributed by atoms with Crippen LogP contribution in [0, 0.1) is 21.7 Å². The highest BCUT2D eigenvalue weighted by Gasteiger charge is 2.45. The van der Waals surface area contributed by atoms with Gasteiger partial charge in [0.25, 0.3) is 0 Å². The zero-order valence-electron chi connectivity index (χ0n) is 14.0. The van der Waals surface area contributed by atoms with Crippen LogP contribution in [0.15, 0.2) is 23.7 Å². The summed E-state index contributed by atoms with van der Waals surface area (Å²) >= 11 is 0. The van der Waals surface area contributed by atoms with Crippen molar-refractivity contribution in [3.63, 3.8) is 0 Å². The maximum absolute atomic E-state index is 6.24. The van der Waals surface area contributed by atoms with Gasteiger partial charge in [0, 0.05) is 12.8 Å². The molecule has 2 aliphatic rings. The van der Waals surface area contributed by atoms with E-state index in [-0.39, 0.29) is 21.7 Å². The second kappa shape index (κ2) is 3.90. The first-order valence-electron chi connectivity index (χ1n) is 7.48. The number of hydrogen-bond acceptors (Lipinski definition) is 1. The van der Waals surface area contributed by atoms with E-state index in [1.54, 1.807) is 0 Å². The normalized spacial score (nSPS) is 29.9. The molecule has 0 heterocycles. The van der Waals surface area contributed by atoms with Crippen LogP contribution in [0.25, 0.3) is 0 Å². The van der Waals surface area contributed by atoms with Crippen molar-refractivity contribution in [3.8, 4) is 0 Å². The van der Waals surface area contributed by atoms with Crippen LogP contribution in [0.4, 0.5) is 0 Å². The highest BCUT2D eigenvalue weighted by Crippen LogP contribution is 2.54. The van der Waals surface area contributed by atoms with E-state index in [0.717, 1.165) is 24.4 Å². The zero-order chi connectivity index (χ0) is 14.7. The van der Waals surface area contributed by atoms with Crippen molar-refractivity contribution in [2.45, 2.75) is 68.2 Å². The first kappa shape index (κ1) is 14.7. The molecule has 0 radical (unpaired) electrons. The fraction of sp³-hybridized carbons (Fsp3) is 0.778. The molecule has 2 aliphatic carbocycles. The minimum absolute atomic E-state index is 0.215. The summed E-state index contributed by atoms with van der Waals surface area (Å²) in [7, 11) is 0. The maximum Gasteiger partial charge on any atom is 0.101 e. The standard InChI is InChI=1S/C18H30O/c1-15(2)9-13(10-16(15,3)4)19-14-11-17(5,6)18(7,8)12-14/h9,11H,10,12H2,1-8H3. The Morgan fingerprint density at radius 1 is 0.684 bits per heavy atom. The molecule has 0 amide bonds. The third kappa shape index (κ3) is 2.37. The molecule has 0 aliphatic heterocycles. The zero-order valence-corrected chi connectivity index (χ0v) is 14.0. The summed E-state index contributed by atoms with van der Waals surface area (Å²) in [5.41, 5.74) is 0.998. The Labute approximate surface area is 119 Å². The lowest BCUT2D eigenvalue weighted by molar-refractivity contribution is 0.162. The number of ether oxygens (including phenoxy) is 1. The topological polar surface area (TPSA) is 9.23 Å². The molecule has 108 valence electrons. The van der Waals surface area contributed by atoms with Crippen LogP contribution in [0.1, 0.15) is 68.2 Å². The second-order valence-electron chi connectivity index (χ2n) is 8.89. The Hall–Kier alpha value is -0.720. The van der Waals surface area contributed by atoms with Crippen LogP contribution in [0.2, 0.25) is 0 Å². The third-order valence-electron chi connectivity index (χ3n) is 6.03. The summed E-state index contributed by atoms with van der Waals surface area (Å²) in [5, 5.41) is 0. The van der Waals surface area contributed by atoms with Crippen LogP contribution in [0.3, 0.4) is 0 Å². The molecular weight excluding hydrogens is 232 g/mol. The van der Waals surface area contributed by atoms with Gasteiger partial charge in [-0.2, -0.15) is 0 Å². The Morgan fingerprint density at radius 2 is 1.00 bits per heavy atom. The largest absolute Gasteiger partial charge is 0.467 e. The predicted molar refractivity (Wildman–Crippen MR) is 81.6 cm³/mol. The highest BCUT2D eigenvalue weighted by molar-refractivity contribution is 5.23. The Balaban J connectivity index is 2.14. The fourth-order valence-corrected chi connectivity index (χ4v) is 2.92. The van der Waals surface area contributed by atoms with Gasteiger partial charge in [-0.25, -0.2) is 0 Å². The average molecular weight is 262 g/mol. The predicted octanol–water partition coefficient (Wildman–Crippen LogP) is 5.68. The van der Waals surface area contributed by atoms with E-state index in [1.807, 2.05) is 0 Å². The Morgan fingerprint density at radius 3 is 1.21 bits per heavy atom. The third-order valence-corrected chi connectivity index (χ3v) is 6.03. The lowest BCUT2D eigenvalue weighted by Gasteiger charge is -2.33. The maximum atomic E-state index is 6.24. The summed E-state index contributed by atoms with van der Waals surface area (Å²) in [5.74, 6) is 2.32. The van der Waals surface area contributed by atoms with Crippen molar-refractivity contribution < 1.29 is 4.74 Å². The number of allylic oxidation sites excluding steroid dienone is 4. The molecule has 0 N–H and O–H groups in total. The smallest absolute Gasteiger partial charge is 0.101 e. The van der Waals surface area contributed by atoms with E-state index < -0.39 is 0 Å². The van der Waals surface area contributed by atoms with Gasteiger partial charge < -0.3 is 4.74 Å². The van der Waals surface area contributed by atoms with Crippen LogP contribution in [-0.2, 0) is 4.74 Å². The Bertz CT molecular complexity index is 402. The van der Waals surface area contributed by atoms with Gasteiger partial charge in [0.1, 0.15) is 11.5 Å². The van der Waals surface area contributed by atoms with Crippen molar-refractivity contribution in [2.75, 3.05) is 0 Å². The fourth-order valence-electron chi connectivity index (χ4n) is 2.92. The van der Waals surface area contributed by atoms with Gasteiger partial charge in [-0.05, 0) is 33.8 Å². The minimum Gasteiger partial charge on any atom is -0.467 e. The molecule has 1 nitrogen and oxygen atoms in total. The van der Waals surface area contributed by atoms with Gasteiger partial charge in [0.05, 0.1) is 0 Å². The summed E-state index contributed by atoms with van der Waals surface area (Å²) in [6.45, 7) is 18.5. The van der Waals surface area contributed by atoms with Gasteiger partial charge in [0.15, 0.2) is 0 Å². The van der Waals surface area contributed by atoms with Gasteiger partial charge >= 0.3 is 0 Å². The quantitative estimate of drug-likeness (QED) is 0.622. The monoisotopic (exact) mass is 262 g/mol. The van der Waals surface area contributed by atoms with Crippen molar-refractivity contribution in [3.05, 3.63) is 23.7 Å². The van der Waals surface area contributed by atoms with E-state index in [9.17, 15) is 0 Å². The second-order valence-corrected chi connectivity index (χ2v) is 8.89. The molecule has 0 saturated carbocycles.